The van der Waals surface area contributed by atoms with Gasteiger partial charge in [-0.2, -0.15) is 0 Å². The fraction of sp³-hybridized carbons (Fsp3) is 0.686. The number of esters is 3. The summed E-state index contributed by atoms with van der Waals surface area (Å²) in [6, 6.07) is 1.75. The number of furan rings is 1. The van der Waals surface area contributed by atoms with Crippen molar-refractivity contribution in [2.75, 3.05) is 7.11 Å². The van der Waals surface area contributed by atoms with Crippen molar-refractivity contribution < 1.29 is 57.4 Å². The summed E-state index contributed by atoms with van der Waals surface area (Å²) in [5, 5.41) is 26.7. The molecular formula is C35H42O12. The topological polar surface area (TPSA) is 160 Å². The minimum absolute atomic E-state index is 0.0162. The molecule has 3 aliphatic heterocycles. The summed E-state index contributed by atoms with van der Waals surface area (Å²) in [6.07, 6.45) is 3.39. The van der Waals surface area contributed by atoms with Crippen LogP contribution in [0.15, 0.2) is 46.3 Å². The van der Waals surface area contributed by atoms with Crippen LogP contribution in [0.4, 0.5) is 0 Å². The van der Waals surface area contributed by atoms with E-state index in [4.69, 9.17) is 32.8 Å². The van der Waals surface area contributed by atoms with Crippen molar-refractivity contribution in [3.05, 3.63) is 47.5 Å². The Balaban J connectivity index is 1.43. The average molecular weight is 655 g/mol. The molecule has 1 aromatic rings. The predicted molar refractivity (Wildman–Crippen MR) is 159 cm³/mol. The molecule has 6 fully saturated rings. The van der Waals surface area contributed by atoms with Gasteiger partial charge in [0.25, 0.3) is 5.97 Å². The van der Waals surface area contributed by atoms with Gasteiger partial charge in [0.05, 0.1) is 19.6 Å². The molecule has 4 unspecified atom stereocenters. The summed E-state index contributed by atoms with van der Waals surface area (Å²) < 4.78 is 43.6. The molecular weight excluding hydrogens is 612 g/mol. The molecule has 4 bridgehead atoms. The first-order valence-corrected chi connectivity index (χ1v) is 16.4. The maximum Gasteiger partial charge on any atom is 0.333 e. The number of rotatable bonds is 6. The van der Waals surface area contributed by atoms with E-state index in [1.54, 1.807) is 26.0 Å². The average Bonchev–Trinajstić information content (AvgIpc) is 3.83. The molecule has 12 heteroatoms. The van der Waals surface area contributed by atoms with Gasteiger partial charge in [0, 0.05) is 46.3 Å². The van der Waals surface area contributed by atoms with Crippen molar-refractivity contribution in [3.63, 3.8) is 0 Å². The molecule has 4 aliphatic carbocycles. The Kier molecular flexibility index (Phi) is 5.95. The van der Waals surface area contributed by atoms with Gasteiger partial charge in [0.15, 0.2) is 11.2 Å². The zero-order chi connectivity index (χ0) is 33.8. The third kappa shape index (κ3) is 3.00. The zero-order valence-electron chi connectivity index (χ0n) is 27.7. The van der Waals surface area contributed by atoms with Crippen LogP contribution >= 0.6 is 0 Å². The maximum absolute atomic E-state index is 13.5. The van der Waals surface area contributed by atoms with Crippen LogP contribution in [0, 0.1) is 22.2 Å². The Hall–Kier alpha value is -3.03. The van der Waals surface area contributed by atoms with Crippen LogP contribution < -0.4 is 0 Å². The first kappa shape index (κ1) is 31.3. The highest BCUT2D eigenvalue weighted by Gasteiger charge is 3.02. The molecule has 1 aromatic heterocycles. The van der Waals surface area contributed by atoms with Gasteiger partial charge in [-0.15, -0.1) is 0 Å². The predicted octanol–water partition coefficient (Wildman–Crippen LogP) is 3.55. The Labute approximate surface area is 272 Å². The van der Waals surface area contributed by atoms with Crippen LogP contribution in [0.25, 0.3) is 0 Å². The number of hydrogen-bond acceptors (Lipinski definition) is 12. The monoisotopic (exact) mass is 654 g/mol. The third-order valence-electron chi connectivity index (χ3n) is 13.7. The number of carbonyl (C=O) groups excluding carboxylic acids is 3. The van der Waals surface area contributed by atoms with E-state index in [0.717, 1.165) is 0 Å². The van der Waals surface area contributed by atoms with Crippen LogP contribution in [0.5, 0.6) is 0 Å². The van der Waals surface area contributed by atoms with E-state index in [1.165, 1.54) is 25.7 Å². The fourth-order valence-corrected chi connectivity index (χ4v) is 11.6. The quantitative estimate of drug-likeness (QED) is 0.261. The van der Waals surface area contributed by atoms with E-state index in [1.807, 2.05) is 27.7 Å². The number of ether oxygens (including phenoxy) is 6. The van der Waals surface area contributed by atoms with Gasteiger partial charge < -0.3 is 43.1 Å². The molecule has 47 heavy (non-hydrogen) atoms. The lowest BCUT2D eigenvalue weighted by Gasteiger charge is -2.75. The number of fused-ring (bicyclic) bond motifs is 4. The smallest absolute Gasteiger partial charge is 0.333 e. The number of aliphatic hydroxyl groups is 2. The van der Waals surface area contributed by atoms with Crippen LogP contribution in [-0.2, 0) is 42.8 Å². The Morgan fingerprint density at radius 3 is 2.53 bits per heavy atom. The number of methoxy groups -OCH3 is 1. The van der Waals surface area contributed by atoms with Crippen molar-refractivity contribution >= 4 is 17.9 Å². The summed E-state index contributed by atoms with van der Waals surface area (Å²) in [5.74, 6) is -4.20. The number of hydrogen-bond donors (Lipinski definition) is 2. The number of allylic oxidation sites excluding steroid dienone is 1. The van der Waals surface area contributed by atoms with Gasteiger partial charge in [0.1, 0.15) is 29.5 Å². The molecule has 2 N–H and O–H groups in total. The summed E-state index contributed by atoms with van der Waals surface area (Å²) >= 11 is 0. The molecule has 2 saturated heterocycles. The second-order valence-electron chi connectivity index (χ2n) is 15.3. The SMILES string of the molecule is C/C=C(\C)C(=O)O[C@@H]1C2(O)[C@H]3OC4(CC)OC35C3=CC(=O)O[C@@H](c6ccoc6)[C@]3(C)CCC5(O4)[C@]3(C)[C@@H](CC(=O)OC)[C@@]1(C)C[C@]23O. The van der Waals surface area contributed by atoms with Crippen molar-refractivity contribution in [2.24, 2.45) is 22.2 Å². The summed E-state index contributed by atoms with van der Waals surface area (Å²) in [6.45, 7) is 10.8. The molecule has 0 radical (unpaired) electrons. The molecule has 254 valence electrons. The Bertz CT molecular complexity index is 1670. The third-order valence-corrected chi connectivity index (χ3v) is 13.7. The lowest BCUT2D eigenvalue weighted by atomic mass is 9.35. The van der Waals surface area contributed by atoms with Crippen LogP contribution in [0.3, 0.4) is 0 Å². The number of carbonyl (C=O) groups is 3. The van der Waals surface area contributed by atoms with Crippen LogP contribution in [0.1, 0.15) is 85.3 Å². The highest BCUT2D eigenvalue weighted by Crippen LogP contribution is 2.88. The standard InChI is InChI=1S/C35H42O12/c1-8-18(3)25(38)44-26-29(5)17-31(39)30(6,20(29)14-22(36)41-7)32-12-11-28(4)21(15-23(37)43-24(28)19-10-13-42-16-19)35(32)27(34(26,31)40)45-33(9-2,46-32)47-35/h8,10,13,15-16,20,24,26-27,39-40H,9,11-12,14,17H2,1-7H3/b18-8+/t20-,24-,26-,27+,28+,29+,30+,31+,32?,33?,34?,35?/m0/s1. The molecule has 12 nitrogen and oxygen atoms in total. The summed E-state index contributed by atoms with van der Waals surface area (Å²) in [7, 11) is 1.30. The van der Waals surface area contributed by atoms with E-state index >= 15 is 0 Å². The highest BCUT2D eigenvalue weighted by atomic mass is 16.9. The summed E-state index contributed by atoms with van der Waals surface area (Å²) in [4.78, 5) is 40.3. The minimum atomic E-state index is -2.26. The lowest BCUT2D eigenvalue weighted by Crippen LogP contribution is -2.92. The molecule has 4 heterocycles. The molecule has 4 saturated carbocycles. The van der Waals surface area contributed by atoms with Gasteiger partial charge in [0.2, 0.25) is 0 Å². The first-order chi connectivity index (χ1) is 22.0. The van der Waals surface area contributed by atoms with E-state index in [-0.39, 0.29) is 19.3 Å². The van der Waals surface area contributed by atoms with E-state index in [0.29, 0.717) is 29.6 Å². The van der Waals surface area contributed by atoms with Crippen LogP contribution in [0.2, 0.25) is 0 Å². The molecule has 12 atom stereocenters. The largest absolute Gasteiger partial charge is 0.472 e. The number of cyclic esters (lactones) is 1. The molecule has 0 aromatic carbocycles. The molecule has 7 aliphatic rings. The van der Waals surface area contributed by atoms with Crippen molar-refractivity contribution in [1.82, 2.24) is 0 Å². The first-order valence-electron chi connectivity index (χ1n) is 16.4. The van der Waals surface area contributed by atoms with Gasteiger partial charge >= 0.3 is 17.9 Å². The highest BCUT2D eigenvalue weighted by molar-refractivity contribution is 5.88. The molecule has 1 spiro atoms. The molecule has 0 amide bonds. The van der Waals surface area contributed by atoms with Crippen LogP contribution in [-0.4, -0.2) is 75.8 Å². The van der Waals surface area contributed by atoms with Crippen molar-refractivity contribution in [1.29, 1.82) is 0 Å². The van der Waals surface area contributed by atoms with Gasteiger partial charge in [-0.05, 0) is 50.7 Å². The van der Waals surface area contributed by atoms with Crippen molar-refractivity contribution in [2.45, 2.75) is 120 Å². The van der Waals surface area contributed by atoms with Gasteiger partial charge in [-0.25, -0.2) is 9.59 Å². The Morgan fingerprint density at radius 1 is 1.15 bits per heavy atom. The second kappa shape index (κ2) is 8.95. The second-order valence-corrected chi connectivity index (χ2v) is 15.3. The van der Waals surface area contributed by atoms with E-state index in [2.05, 4.69) is 0 Å². The van der Waals surface area contributed by atoms with Gasteiger partial charge in [-0.1, -0.05) is 33.8 Å². The fourth-order valence-electron chi connectivity index (χ4n) is 11.6. The zero-order valence-corrected chi connectivity index (χ0v) is 27.7. The maximum atomic E-state index is 13.5. The minimum Gasteiger partial charge on any atom is -0.472 e. The summed E-state index contributed by atoms with van der Waals surface area (Å²) in [5.41, 5.74) is -9.26. The Morgan fingerprint density at radius 2 is 1.89 bits per heavy atom. The van der Waals surface area contributed by atoms with Crippen molar-refractivity contribution in [3.8, 4) is 0 Å². The molecule has 8 rings (SSSR count). The normalized spacial score (nSPS) is 51.6. The van der Waals surface area contributed by atoms with Gasteiger partial charge in [-0.3, -0.25) is 4.79 Å². The lowest BCUT2D eigenvalue weighted by molar-refractivity contribution is -0.447. The van der Waals surface area contributed by atoms with E-state index in [9.17, 15) is 24.6 Å². The van der Waals surface area contributed by atoms with E-state index < -0.39 is 86.8 Å².